The number of benzene rings is 1. The second-order valence-electron chi connectivity index (χ2n) is 5.69. The van der Waals surface area contributed by atoms with E-state index in [1.165, 1.54) is 18.3 Å². The fraction of sp³-hybridized carbons (Fsp3) is 0.294. The van der Waals surface area contributed by atoms with Crippen molar-refractivity contribution in [3.8, 4) is 0 Å². The molecule has 0 saturated heterocycles. The highest BCUT2D eigenvalue weighted by Gasteiger charge is 2.29. The predicted octanol–water partition coefficient (Wildman–Crippen LogP) is 3.14. The highest BCUT2D eigenvalue weighted by molar-refractivity contribution is 5.94. The van der Waals surface area contributed by atoms with Crippen molar-refractivity contribution in [1.29, 1.82) is 0 Å². The molecule has 0 aliphatic rings. The summed E-state index contributed by atoms with van der Waals surface area (Å²) in [5.74, 6) is 0.208. The normalized spacial score (nSPS) is 11.4. The Morgan fingerprint density at radius 3 is 2.32 bits per heavy atom. The van der Waals surface area contributed by atoms with Gasteiger partial charge in [-0.25, -0.2) is 4.98 Å². The minimum atomic E-state index is -4.36. The van der Waals surface area contributed by atoms with Gasteiger partial charge in [-0.15, -0.1) is 0 Å². The molecule has 0 aliphatic heterocycles. The molecule has 0 saturated carbocycles. The van der Waals surface area contributed by atoms with Crippen molar-refractivity contribution >= 4 is 17.4 Å². The van der Waals surface area contributed by atoms with E-state index in [0.717, 1.165) is 18.7 Å². The Morgan fingerprint density at radius 1 is 1.12 bits per heavy atom. The molecular formula is C17H19F3N4O. The summed E-state index contributed by atoms with van der Waals surface area (Å²) in [7, 11) is 3.82. The maximum Gasteiger partial charge on any atom is 0.416 e. The molecule has 1 aromatic carbocycles. The van der Waals surface area contributed by atoms with Gasteiger partial charge in [-0.05, 0) is 50.5 Å². The number of amides is 1. The summed E-state index contributed by atoms with van der Waals surface area (Å²) >= 11 is 0. The Labute approximate surface area is 143 Å². The van der Waals surface area contributed by atoms with Crippen LogP contribution >= 0.6 is 0 Å². The fourth-order valence-corrected chi connectivity index (χ4v) is 1.99. The number of hydrogen-bond donors (Lipinski definition) is 2. The molecule has 2 aromatic rings. The third kappa shape index (κ3) is 5.75. The van der Waals surface area contributed by atoms with Crippen molar-refractivity contribution in [2.45, 2.75) is 6.18 Å². The number of carbonyl (C=O) groups is 1. The molecule has 134 valence electrons. The molecule has 1 heterocycles. The number of aromatic nitrogens is 1. The molecule has 0 atom stereocenters. The van der Waals surface area contributed by atoms with Crippen LogP contribution in [0.2, 0.25) is 0 Å². The number of carbonyl (C=O) groups excluding carboxylic acids is 1. The van der Waals surface area contributed by atoms with Gasteiger partial charge < -0.3 is 15.5 Å². The summed E-state index contributed by atoms with van der Waals surface area (Å²) in [4.78, 5) is 18.0. The van der Waals surface area contributed by atoms with E-state index in [-0.39, 0.29) is 5.91 Å². The molecule has 2 rings (SSSR count). The standard InChI is InChI=1S/C17H19F3N4O/c1-24(2)10-9-21-16(25)12-3-8-15(22-11-12)23-14-6-4-13(5-7-14)17(18,19)20/h3-8,11H,9-10H2,1-2H3,(H,21,25)(H,22,23). The van der Waals surface area contributed by atoms with E-state index in [9.17, 15) is 18.0 Å². The van der Waals surface area contributed by atoms with Gasteiger partial charge in [-0.3, -0.25) is 4.79 Å². The Kier molecular flexibility index (Phi) is 5.97. The summed E-state index contributed by atoms with van der Waals surface area (Å²) in [6.45, 7) is 1.25. The highest BCUT2D eigenvalue weighted by atomic mass is 19.4. The molecule has 1 aromatic heterocycles. The number of alkyl halides is 3. The van der Waals surface area contributed by atoms with Gasteiger partial charge in [0.25, 0.3) is 5.91 Å². The van der Waals surface area contributed by atoms with Crippen LogP contribution < -0.4 is 10.6 Å². The molecule has 25 heavy (non-hydrogen) atoms. The number of nitrogens with one attached hydrogen (secondary N) is 2. The van der Waals surface area contributed by atoms with Crippen molar-refractivity contribution in [2.75, 3.05) is 32.5 Å². The van der Waals surface area contributed by atoms with Crippen molar-refractivity contribution in [3.63, 3.8) is 0 Å². The first-order valence-corrected chi connectivity index (χ1v) is 7.59. The van der Waals surface area contributed by atoms with Gasteiger partial charge in [0.15, 0.2) is 0 Å². The summed E-state index contributed by atoms with van der Waals surface area (Å²) in [6.07, 6.45) is -2.95. The quantitative estimate of drug-likeness (QED) is 0.839. The van der Waals surface area contributed by atoms with Crippen LogP contribution in [-0.2, 0) is 6.18 Å². The third-order valence-corrected chi connectivity index (χ3v) is 3.35. The van der Waals surface area contributed by atoms with Gasteiger partial charge in [0.05, 0.1) is 11.1 Å². The van der Waals surface area contributed by atoms with Gasteiger partial charge in [0.2, 0.25) is 0 Å². The van der Waals surface area contributed by atoms with E-state index in [4.69, 9.17) is 0 Å². The van der Waals surface area contributed by atoms with Gasteiger partial charge in [-0.1, -0.05) is 0 Å². The second-order valence-corrected chi connectivity index (χ2v) is 5.69. The molecule has 0 spiro atoms. The van der Waals surface area contributed by atoms with Gasteiger partial charge in [0.1, 0.15) is 5.82 Å². The van der Waals surface area contributed by atoms with Crippen LogP contribution in [0.3, 0.4) is 0 Å². The van der Waals surface area contributed by atoms with Crippen LogP contribution in [0, 0.1) is 0 Å². The molecule has 0 fully saturated rings. The van der Waals surface area contributed by atoms with Crippen LogP contribution in [0.15, 0.2) is 42.6 Å². The largest absolute Gasteiger partial charge is 0.416 e. The molecule has 5 nitrogen and oxygen atoms in total. The lowest BCUT2D eigenvalue weighted by Gasteiger charge is -2.11. The van der Waals surface area contributed by atoms with E-state index in [1.807, 2.05) is 19.0 Å². The zero-order valence-electron chi connectivity index (χ0n) is 13.9. The number of halogens is 3. The van der Waals surface area contributed by atoms with Crippen LogP contribution in [0.4, 0.5) is 24.7 Å². The smallest absolute Gasteiger partial charge is 0.351 e. The topological polar surface area (TPSA) is 57.3 Å². The van der Waals surface area contributed by atoms with E-state index in [2.05, 4.69) is 15.6 Å². The lowest BCUT2D eigenvalue weighted by Crippen LogP contribution is -2.31. The van der Waals surface area contributed by atoms with Crippen molar-refractivity contribution in [2.24, 2.45) is 0 Å². The lowest BCUT2D eigenvalue weighted by atomic mass is 10.2. The first-order valence-electron chi connectivity index (χ1n) is 7.59. The van der Waals surface area contributed by atoms with E-state index in [0.29, 0.717) is 23.6 Å². The monoisotopic (exact) mass is 352 g/mol. The van der Waals surface area contributed by atoms with Crippen LogP contribution in [0.25, 0.3) is 0 Å². The summed E-state index contributed by atoms with van der Waals surface area (Å²) in [6, 6.07) is 7.84. The Bertz CT molecular complexity index is 697. The molecule has 0 aliphatic carbocycles. The molecule has 1 amide bonds. The molecule has 0 radical (unpaired) electrons. The third-order valence-electron chi connectivity index (χ3n) is 3.35. The Balaban J connectivity index is 1.95. The number of pyridine rings is 1. The highest BCUT2D eigenvalue weighted by Crippen LogP contribution is 2.30. The number of rotatable bonds is 6. The average molecular weight is 352 g/mol. The zero-order valence-corrected chi connectivity index (χ0v) is 13.9. The molecule has 0 unspecified atom stereocenters. The first-order chi connectivity index (χ1) is 11.8. The molecule has 0 bridgehead atoms. The minimum Gasteiger partial charge on any atom is -0.351 e. The maximum atomic E-state index is 12.5. The van der Waals surface area contributed by atoms with Crippen molar-refractivity contribution in [3.05, 3.63) is 53.7 Å². The van der Waals surface area contributed by atoms with Crippen LogP contribution in [0.5, 0.6) is 0 Å². The van der Waals surface area contributed by atoms with E-state index in [1.54, 1.807) is 12.1 Å². The molecule has 8 heteroatoms. The summed E-state index contributed by atoms with van der Waals surface area (Å²) < 4.78 is 37.6. The van der Waals surface area contributed by atoms with Crippen molar-refractivity contribution < 1.29 is 18.0 Å². The van der Waals surface area contributed by atoms with E-state index >= 15 is 0 Å². The molecular weight excluding hydrogens is 333 g/mol. The lowest BCUT2D eigenvalue weighted by molar-refractivity contribution is -0.137. The Hall–Kier alpha value is -2.61. The number of hydrogen-bond acceptors (Lipinski definition) is 4. The summed E-state index contributed by atoms with van der Waals surface area (Å²) in [5.41, 5.74) is 0.177. The van der Waals surface area contributed by atoms with Gasteiger partial charge in [-0.2, -0.15) is 13.2 Å². The number of nitrogens with zero attached hydrogens (tertiary/aromatic N) is 2. The summed E-state index contributed by atoms with van der Waals surface area (Å²) in [5, 5.41) is 5.66. The fourth-order valence-electron chi connectivity index (χ4n) is 1.99. The minimum absolute atomic E-state index is 0.226. The van der Waals surface area contributed by atoms with Crippen LogP contribution in [0.1, 0.15) is 15.9 Å². The number of anilines is 2. The first kappa shape index (κ1) is 18.7. The van der Waals surface area contributed by atoms with Gasteiger partial charge >= 0.3 is 6.18 Å². The Morgan fingerprint density at radius 2 is 1.80 bits per heavy atom. The molecule has 2 N–H and O–H groups in total. The van der Waals surface area contributed by atoms with Crippen LogP contribution in [-0.4, -0.2) is 43.0 Å². The SMILES string of the molecule is CN(C)CCNC(=O)c1ccc(Nc2ccc(C(F)(F)F)cc2)nc1. The zero-order chi connectivity index (χ0) is 18.4. The van der Waals surface area contributed by atoms with E-state index < -0.39 is 11.7 Å². The second kappa shape index (κ2) is 7.98. The van der Waals surface area contributed by atoms with Crippen molar-refractivity contribution in [1.82, 2.24) is 15.2 Å². The maximum absolute atomic E-state index is 12.5. The average Bonchev–Trinajstić information content (AvgIpc) is 2.55. The predicted molar refractivity (Wildman–Crippen MR) is 89.9 cm³/mol. The van der Waals surface area contributed by atoms with Gasteiger partial charge in [0, 0.05) is 25.0 Å². The number of likely N-dealkylation sites (N-methyl/N-ethyl adjacent to an activating group) is 1.